The van der Waals surface area contributed by atoms with E-state index in [0.717, 1.165) is 25.9 Å². The molecule has 1 saturated heterocycles. The van der Waals surface area contributed by atoms with Crippen molar-refractivity contribution in [2.24, 2.45) is 0 Å². The second kappa shape index (κ2) is 9.09. The molecule has 1 heterocycles. The van der Waals surface area contributed by atoms with Crippen LogP contribution in [0.5, 0.6) is 5.75 Å². The maximum absolute atomic E-state index is 11.1. The molecule has 24 heavy (non-hydrogen) atoms. The molecule has 2 rings (SSSR count). The average Bonchev–Trinajstić information content (AvgIpc) is 2.58. The van der Waals surface area contributed by atoms with Crippen LogP contribution < -0.4 is 10.1 Å². The fourth-order valence-corrected chi connectivity index (χ4v) is 2.35. The topological polar surface area (TPSA) is 114 Å². The lowest BCUT2D eigenvalue weighted by Gasteiger charge is -2.22. The summed E-state index contributed by atoms with van der Waals surface area (Å²) in [6.07, 6.45) is 1.49. The SMILES string of the molecule is O=C(O)NC(C(=O)O)c1ccc(OCCOC2CCCCO2)cc1. The lowest BCUT2D eigenvalue weighted by molar-refractivity contribution is -0.165. The Hall–Kier alpha value is -2.32. The van der Waals surface area contributed by atoms with E-state index in [1.807, 2.05) is 5.32 Å². The number of ether oxygens (including phenoxy) is 3. The third-order valence-electron chi connectivity index (χ3n) is 3.52. The Morgan fingerprint density at radius 1 is 1.21 bits per heavy atom. The van der Waals surface area contributed by atoms with E-state index in [2.05, 4.69) is 0 Å². The molecule has 132 valence electrons. The highest BCUT2D eigenvalue weighted by Crippen LogP contribution is 2.19. The number of benzene rings is 1. The van der Waals surface area contributed by atoms with E-state index in [-0.39, 0.29) is 6.29 Å². The molecule has 8 nitrogen and oxygen atoms in total. The van der Waals surface area contributed by atoms with Crippen LogP contribution in [-0.4, -0.2) is 48.4 Å². The molecule has 2 atom stereocenters. The van der Waals surface area contributed by atoms with Gasteiger partial charge in [0.15, 0.2) is 12.3 Å². The van der Waals surface area contributed by atoms with Crippen LogP contribution >= 0.6 is 0 Å². The Bertz CT molecular complexity index is 540. The van der Waals surface area contributed by atoms with Crippen molar-refractivity contribution < 1.29 is 34.0 Å². The summed E-state index contributed by atoms with van der Waals surface area (Å²) in [4.78, 5) is 21.7. The van der Waals surface area contributed by atoms with Gasteiger partial charge in [0.05, 0.1) is 6.61 Å². The summed E-state index contributed by atoms with van der Waals surface area (Å²) in [5, 5.41) is 19.7. The molecule has 0 aromatic heterocycles. The van der Waals surface area contributed by atoms with Crippen LogP contribution in [0.25, 0.3) is 0 Å². The Labute approximate surface area is 139 Å². The lowest BCUT2D eigenvalue weighted by Crippen LogP contribution is -2.32. The van der Waals surface area contributed by atoms with Gasteiger partial charge in [-0.15, -0.1) is 0 Å². The first-order valence-corrected chi connectivity index (χ1v) is 7.74. The first kappa shape index (κ1) is 18.0. The minimum Gasteiger partial charge on any atom is -0.491 e. The van der Waals surface area contributed by atoms with Crippen LogP contribution in [0.3, 0.4) is 0 Å². The van der Waals surface area contributed by atoms with Crippen molar-refractivity contribution in [3.05, 3.63) is 29.8 Å². The number of carbonyl (C=O) groups is 2. The molecule has 2 unspecified atom stereocenters. The number of hydrogen-bond donors (Lipinski definition) is 3. The van der Waals surface area contributed by atoms with Crippen molar-refractivity contribution >= 4 is 12.1 Å². The van der Waals surface area contributed by atoms with E-state index in [1.165, 1.54) is 12.1 Å². The van der Waals surface area contributed by atoms with Gasteiger partial charge in [-0.3, -0.25) is 0 Å². The number of carboxylic acid groups (broad SMARTS) is 2. The van der Waals surface area contributed by atoms with Crippen molar-refractivity contribution in [3.63, 3.8) is 0 Å². The van der Waals surface area contributed by atoms with E-state index in [0.29, 0.717) is 24.5 Å². The van der Waals surface area contributed by atoms with Gasteiger partial charge in [0.1, 0.15) is 12.4 Å². The number of rotatable bonds is 8. The third kappa shape index (κ3) is 5.71. The van der Waals surface area contributed by atoms with E-state index < -0.39 is 18.1 Å². The monoisotopic (exact) mass is 339 g/mol. The first-order valence-electron chi connectivity index (χ1n) is 7.74. The van der Waals surface area contributed by atoms with Crippen molar-refractivity contribution in [2.75, 3.05) is 19.8 Å². The summed E-state index contributed by atoms with van der Waals surface area (Å²) < 4.78 is 16.5. The molecule has 0 spiro atoms. The largest absolute Gasteiger partial charge is 0.491 e. The highest BCUT2D eigenvalue weighted by molar-refractivity contribution is 5.80. The molecule has 1 aliphatic rings. The van der Waals surface area contributed by atoms with Gasteiger partial charge >= 0.3 is 12.1 Å². The number of amides is 1. The normalized spacial score (nSPS) is 18.6. The predicted molar refractivity (Wildman–Crippen MR) is 83.0 cm³/mol. The number of nitrogens with one attached hydrogen (secondary N) is 1. The molecule has 0 bridgehead atoms. The number of aliphatic carboxylic acids is 1. The summed E-state index contributed by atoms with van der Waals surface area (Å²) in [6, 6.07) is 4.88. The molecule has 0 aliphatic carbocycles. The second-order valence-corrected chi connectivity index (χ2v) is 5.31. The van der Waals surface area contributed by atoms with Gasteiger partial charge in [-0.2, -0.15) is 0 Å². The first-order chi connectivity index (χ1) is 11.6. The van der Waals surface area contributed by atoms with E-state index in [9.17, 15) is 9.59 Å². The maximum atomic E-state index is 11.1. The smallest absolute Gasteiger partial charge is 0.405 e. The predicted octanol–water partition coefficient (Wildman–Crippen LogP) is 2.00. The summed E-state index contributed by atoms with van der Waals surface area (Å²) >= 11 is 0. The number of hydrogen-bond acceptors (Lipinski definition) is 5. The van der Waals surface area contributed by atoms with Gasteiger partial charge < -0.3 is 29.7 Å². The van der Waals surface area contributed by atoms with Crippen LogP contribution in [0.15, 0.2) is 24.3 Å². The summed E-state index contributed by atoms with van der Waals surface area (Å²) in [5.74, 6) is -0.724. The molecule has 1 aromatic carbocycles. The highest BCUT2D eigenvalue weighted by atomic mass is 16.7. The molecule has 1 aromatic rings. The third-order valence-corrected chi connectivity index (χ3v) is 3.52. The molecular weight excluding hydrogens is 318 g/mol. The minimum atomic E-state index is -1.40. The number of carboxylic acids is 1. The van der Waals surface area contributed by atoms with Gasteiger partial charge in [0, 0.05) is 6.61 Å². The van der Waals surface area contributed by atoms with Crippen LogP contribution in [0.2, 0.25) is 0 Å². The fourth-order valence-electron chi connectivity index (χ4n) is 2.35. The average molecular weight is 339 g/mol. The van der Waals surface area contributed by atoms with Gasteiger partial charge in [0.2, 0.25) is 0 Å². The second-order valence-electron chi connectivity index (χ2n) is 5.31. The zero-order valence-corrected chi connectivity index (χ0v) is 13.1. The van der Waals surface area contributed by atoms with Gasteiger partial charge in [-0.05, 0) is 37.0 Å². The molecule has 3 N–H and O–H groups in total. The Morgan fingerprint density at radius 2 is 1.96 bits per heavy atom. The van der Waals surface area contributed by atoms with Crippen molar-refractivity contribution in [3.8, 4) is 5.75 Å². The van der Waals surface area contributed by atoms with Gasteiger partial charge in [-0.1, -0.05) is 12.1 Å². The van der Waals surface area contributed by atoms with Crippen LogP contribution in [0.4, 0.5) is 4.79 Å². The summed E-state index contributed by atoms with van der Waals surface area (Å²) in [7, 11) is 0. The Balaban J connectivity index is 1.78. The molecule has 1 aliphatic heterocycles. The zero-order valence-electron chi connectivity index (χ0n) is 13.1. The Morgan fingerprint density at radius 3 is 2.54 bits per heavy atom. The summed E-state index contributed by atoms with van der Waals surface area (Å²) in [5.41, 5.74) is 0.323. The van der Waals surface area contributed by atoms with Crippen LogP contribution in [-0.2, 0) is 14.3 Å². The van der Waals surface area contributed by atoms with Gasteiger partial charge in [0.25, 0.3) is 0 Å². The molecule has 8 heteroatoms. The summed E-state index contributed by atoms with van der Waals surface area (Å²) in [6.45, 7) is 1.46. The lowest BCUT2D eigenvalue weighted by atomic mass is 10.1. The molecule has 0 radical (unpaired) electrons. The van der Waals surface area contributed by atoms with Crippen LogP contribution in [0.1, 0.15) is 30.9 Å². The van der Waals surface area contributed by atoms with Crippen LogP contribution in [0, 0.1) is 0 Å². The van der Waals surface area contributed by atoms with Crippen molar-refractivity contribution in [1.29, 1.82) is 0 Å². The molecule has 1 fully saturated rings. The maximum Gasteiger partial charge on any atom is 0.405 e. The Kier molecular flexibility index (Phi) is 6.83. The molecule has 0 saturated carbocycles. The van der Waals surface area contributed by atoms with Crippen molar-refractivity contribution in [2.45, 2.75) is 31.6 Å². The van der Waals surface area contributed by atoms with E-state index >= 15 is 0 Å². The minimum absolute atomic E-state index is 0.164. The molecule has 1 amide bonds. The highest BCUT2D eigenvalue weighted by Gasteiger charge is 2.21. The van der Waals surface area contributed by atoms with Crippen molar-refractivity contribution in [1.82, 2.24) is 5.32 Å². The zero-order chi connectivity index (χ0) is 17.4. The quantitative estimate of drug-likeness (QED) is 0.621. The van der Waals surface area contributed by atoms with E-state index in [4.69, 9.17) is 24.4 Å². The van der Waals surface area contributed by atoms with E-state index in [1.54, 1.807) is 12.1 Å². The molecular formula is C16H21NO7. The standard InChI is InChI=1S/C16H21NO7/c18-15(19)14(17-16(20)21)11-4-6-12(7-5-11)22-9-10-24-13-3-1-2-8-23-13/h4-7,13-14,17H,1-3,8-10H2,(H,18,19)(H,20,21). The van der Waals surface area contributed by atoms with Gasteiger partial charge in [-0.25, -0.2) is 9.59 Å². The fraction of sp³-hybridized carbons (Fsp3) is 0.500.